The number of nitrogens with zero attached hydrogens (tertiary/aromatic N) is 2. The maximum absolute atomic E-state index is 12.8. The molecule has 5 nitrogen and oxygen atoms in total. The molecule has 0 amide bonds. The van der Waals surface area contributed by atoms with Crippen molar-refractivity contribution in [3.8, 4) is 0 Å². The summed E-state index contributed by atoms with van der Waals surface area (Å²) < 4.78 is 31.5. The fourth-order valence-corrected chi connectivity index (χ4v) is 1.84. The molecule has 17 heavy (non-hydrogen) atoms. The fourth-order valence-electron chi connectivity index (χ4n) is 1.84. The Kier molecular flexibility index (Phi) is 3.26. The molecule has 0 spiro atoms. The molecule has 0 aliphatic carbocycles. The molecule has 1 N–H and O–H groups in total. The van der Waals surface area contributed by atoms with E-state index in [4.69, 9.17) is 4.74 Å². The number of nitrogens with one attached hydrogen (secondary N) is 1. The molecule has 1 aliphatic rings. The number of alkyl halides is 2. The lowest BCUT2D eigenvalue weighted by molar-refractivity contribution is 0.0524. The van der Waals surface area contributed by atoms with Gasteiger partial charge in [0.05, 0.1) is 12.8 Å². The number of rotatable bonds is 3. The standard InChI is InChI=1S/C10H13F2N3O2/c1-2-17-10(16)6-5-14-15-7(8(11)12)3-4-13-9(6)15/h5,7-8,13H,2-4H2,1H3. The van der Waals surface area contributed by atoms with Crippen molar-refractivity contribution in [1.82, 2.24) is 9.78 Å². The summed E-state index contributed by atoms with van der Waals surface area (Å²) in [6, 6.07) is -0.977. The predicted molar refractivity (Wildman–Crippen MR) is 56.3 cm³/mol. The number of aromatic nitrogens is 2. The van der Waals surface area contributed by atoms with Gasteiger partial charge in [-0.25, -0.2) is 18.3 Å². The molecule has 0 saturated heterocycles. The van der Waals surface area contributed by atoms with Crippen LogP contribution in [0.25, 0.3) is 0 Å². The minimum atomic E-state index is -2.49. The average molecular weight is 245 g/mol. The number of fused-ring (bicyclic) bond motifs is 1. The van der Waals surface area contributed by atoms with E-state index in [9.17, 15) is 13.6 Å². The Morgan fingerprint density at radius 3 is 3.18 bits per heavy atom. The second-order valence-electron chi connectivity index (χ2n) is 3.69. The van der Waals surface area contributed by atoms with Gasteiger partial charge in [-0.3, -0.25) is 0 Å². The Morgan fingerprint density at radius 2 is 2.53 bits per heavy atom. The van der Waals surface area contributed by atoms with Crippen molar-refractivity contribution in [1.29, 1.82) is 0 Å². The van der Waals surface area contributed by atoms with Crippen LogP contribution in [-0.2, 0) is 4.74 Å². The Labute approximate surface area is 96.7 Å². The van der Waals surface area contributed by atoms with Crippen LogP contribution in [0, 0.1) is 0 Å². The molecule has 0 aromatic carbocycles. The summed E-state index contributed by atoms with van der Waals surface area (Å²) in [5.41, 5.74) is 0.206. The Bertz CT molecular complexity index is 420. The normalized spacial score (nSPS) is 18.7. The first-order valence-corrected chi connectivity index (χ1v) is 5.41. The van der Waals surface area contributed by atoms with E-state index in [0.29, 0.717) is 12.4 Å². The molecule has 7 heteroatoms. The van der Waals surface area contributed by atoms with Gasteiger partial charge >= 0.3 is 5.97 Å². The lowest BCUT2D eigenvalue weighted by Gasteiger charge is -2.25. The van der Waals surface area contributed by atoms with Crippen LogP contribution >= 0.6 is 0 Å². The monoisotopic (exact) mass is 245 g/mol. The summed E-state index contributed by atoms with van der Waals surface area (Å²) in [7, 11) is 0. The molecule has 0 bridgehead atoms. The maximum Gasteiger partial charge on any atom is 0.343 e. The zero-order valence-corrected chi connectivity index (χ0v) is 9.32. The van der Waals surface area contributed by atoms with Crippen LogP contribution in [0.1, 0.15) is 29.7 Å². The van der Waals surface area contributed by atoms with E-state index in [1.807, 2.05) is 0 Å². The van der Waals surface area contributed by atoms with E-state index < -0.39 is 18.4 Å². The highest BCUT2D eigenvalue weighted by molar-refractivity contribution is 5.94. The molecule has 1 aromatic heterocycles. The number of carbonyl (C=O) groups excluding carboxylic acids is 1. The minimum Gasteiger partial charge on any atom is -0.462 e. The molecule has 0 fully saturated rings. The number of carbonyl (C=O) groups is 1. The number of anilines is 1. The molecular weight excluding hydrogens is 232 g/mol. The second-order valence-corrected chi connectivity index (χ2v) is 3.69. The smallest absolute Gasteiger partial charge is 0.343 e. The van der Waals surface area contributed by atoms with E-state index in [2.05, 4.69) is 10.4 Å². The van der Waals surface area contributed by atoms with Crippen LogP contribution < -0.4 is 5.32 Å². The molecule has 1 unspecified atom stereocenters. The first kappa shape index (κ1) is 11.8. The van der Waals surface area contributed by atoms with Gasteiger partial charge in [-0.15, -0.1) is 0 Å². The fraction of sp³-hybridized carbons (Fsp3) is 0.600. The van der Waals surface area contributed by atoms with Gasteiger partial charge in [0.1, 0.15) is 17.4 Å². The van der Waals surface area contributed by atoms with Crippen molar-refractivity contribution in [3.63, 3.8) is 0 Å². The zero-order chi connectivity index (χ0) is 12.4. The van der Waals surface area contributed by atoms with Crippen molar-refractivity contribution < 1.29 is 18.3 Å². The van der Waals surface area contributed by atoms with Gasteiger partial charge in [-0.1, -0.05) is 0 Å². The number of ether oxygens (including phenoxy) is 1. The van der Waals surface area contributed by atoms with Gasteiger partial charge in [0.25, 0.3) is 6.43 Å². The van der Waals surface area contributed by atoms with E-state index in [1.54, 1.807) is 6.92 Å². The minimum absolute atomic E-state index is 0.206. The van der Waals surface area contributed by atoms with Crippen LogP contribution in [0.2, 0.25) is 0 Å². The van der Waals surface area contributed by atoms with Crippen LogP contribution in [-0.4, -0.2) is 35.3 Å². The molecule has 1 aromatic rings. The highest BCUT2D eigenvalue weighted by atomic mass is 19.3. The Balaban J connectivity index is 2.31. The zero-order valence-electron chi connectivity index (χ0n) is 9.32. The van der Waals surface area contributed by atoms with Gasteiger partial charge in [0.2, 0.25) is 0 Å². The van der Waals surface area contributed by atoms with E-state index in [1.165, 1.54) is 10.9 Å². The molecular formula is C10H13F2N3O2. The van der Waals surface area contributed by atoms with Gasteiger partial charge in [0, 0.05) is 6.54 Å². The third kappa shape index (κ3) is 2.09. The quantitative estimate of drug-likeness (QED) is 0.823. The summed E-state index contributed by atoms with van der Waals surface area (Å²) >= 11 is 0. The molecule has 0 radical (unpaired) electrons. The first-order chi connectivity index (χ1) is 8.15. The molecule has 0 saturated carbocycles. The number of halogens is 2. The second kappa shape index (κ2) is 4.68. The predicted octanol–water partition coefficient (Wildman–Crippen LogP) is 1.68. The van der Waals surface area contributed by atoms with E-state index in [-0.39, 0.29) is 18.6 Å². The van der Waals surface area contributed by atoms with Crippen LogP contribution in [0.5, 0.6) is 0 Å². The van der Waals surface area contributed by atoms with Gasteiger partial charge in [-0.2, -0.15) is 5.10 Å². The molecule has 2 rings (SSSR count). The van der Waals surface area contributed by atoms with Crippen molar-refractivity contribution in [3.05, 3.63) is 11.8 Å². The lowest BCUT2D eigenvalue weighted by Crippen LogP contribution is -2.29. The van der Waals surface area contributed by atoms with Crippen LogP contribution in [0.3, 0.4) is 0 Å². The van der Waals surface area contributed by atoms with Gasteiger partial charge < -0.3 is 10.1 Å². The van der Waals surface area contributed by atoms with Crippen molar-refractivity contribution >= 4 is 11.8 Å². The number of hydrogen-bond acceptors (Lipinski definition) is 4. The molecule has 2 heterocycles. The molecule has 94 valence electrons. The Morgan fingerprint density at radius 1 is 1.76 bits per heavy atom. The van der Waals surface area contributed by atoms with Crippen LogP contribution in [0.15, 0.2) is 6.20 Å². The summed E-state index contributed by atoms with van der Waals surface area (Å²) in [6.07, 6.45) is -0.943. The molecule has 1 aliphatic heterocycles. The highest BCUT2D eigenvalue weighted by Gasteiger charge is 2.31. The summed E-state index contributed by atoms with van der Waals surface area (Å²) in [5.74, 6) is -0.226. The highest BCUT2D eigenvalue weighted by Crippen LogP contribution is 2.30. The largest absolute Gasteiger partial charge is 0.462 e. The number of hydrogen-bond donors (Lipinski definition) is 1. The third-order valence-corrected chi connectivity index (χ3v) is 2.63. The first-order valence-electron chi connectivity index (χ1n) is 5.41. The van der Waals surface area contributed by atoms with Gasteiger partial charge in [-0.05, 0) is 13.3 Å². The summed E-state index contributed by atoms with van der Waals surface area (Å²) in [4.78, 5) is 11.6. The lowest BCUT2D eigenvalue weighted by atomic mass is 10.1. The third-order valence-electron chi connectivity index (χ3n) is 2.63. The average Bonchev–Trinajstić information content (AvgIpc) is 2.72. The van der Waals surface area contributed by atoms with Crippen molar-refractivity contribution in [2.45, 2.75) is 25.8 Å². The van der Waals surface area contributed by atoms with Crippen LogP contribution in [0.4, 0.5) is 14.6 Å². The number of esters is 1. The topological polar surface area (TPSA) is 56.1 Å². The van der Waals surface area contributed by atoms with E-state index in [0.717, 1.165) is 0 Å². The van der Waals surface area contributed by atoms with Crippen molar-refractivity contribution in [2.24, 2.45) is 0 Å². The Hall–Kier alpha value is -1.66. The molecule has 1 atom stereocenters. The van der Waals surface area contributed by atoms with Gasteiger partial charge in [0.15, 0.2) is 0 Å². The summed E-state index contributed by atoms with van der Waals surface area (Å²) in [6.45, 7) is 2.32. The van der Waals surface area contributed by atoms with Crippen molar-refractivity contribution in [2.75, 3.05) is 18.5 Å². The summed E-state index contributed by atoms with van der Waals surface area (Å²) in [5, 5.41) is 6.74. The van der Waals surface area contributed by atoms with E-state index >= 15 is 0 Å². The maximum atomic E-state index is 12.8. The SMILES string of the molecule is CCOC(=O)c1cnn2c1NCCC2C(F)F.